The Labute approximate surface area is 68.4 Å². The highest BCUT2D eigenvalue weighted by Crippen LogP contribution is 1.88. The van der Waals surface area contributed by atoms with E-state index < -0.39 is 0 Å². The van der Waals surface area contributed by atoms with Gasteiger partial charge in [-0.05, 0) is 6.92 Å². The Balaban J connectivity index is 3.07. The van der Waals surface area contributed by atoms with Crippen molar-refractivity contribution in [3.05, 3.63) is 16.5 Å². The summed E-state index contributed by atoms with van der Waals surface area (Å²) in [7, 11) is 1.71. The number of nitrogens with one attached hydrogen (secondary N) is 1. The van der Waals surface area contributed by atoms with Crippen molar-refractivity contribution in [1.82, 2.24) is 19.8 Å². The summed E-state index contributed by atoms with van der Waals surface area (Å²) in [6.07, 6.45) is 0. The lowest BCUT2D eigenvalue weighted by atomic mass is 10.5. The number of hydrogen-bond donors (Lipinski definition) is 1. The summed E-state index contributed by atoms with van der Waals surface area (Å²) in [6.45, 7) is 5.62. The zero-order valence-corrected chi connectivity index (χ0v) is 7.00. The van der Waals surface area contributed by atoms with Crippen molar-refractivity contribution >= 4 is 12.2 Å². The lowest BCUT2D eigenvalue weighted by molar-refractivity contribution is 0.796. The van der Waals surface area contributed by atoms with Gasteiger partial charge in [0.05, 0.1) is 5.35 Å². The fourth-order valence-corrected chi connectivity index (χ4v) is 1.20. The minimum atomic E-state index is 0.728. The Hall–Kier alpha value is -1.65. The molecule has 0 saturated carbocycles. The first-order chi connectivity index (χ1) is 5.72. The number of H-pyrrole nitrogens is 1. The summed E-state index contributed by atoms with van der Waals surface area (Å²) in [5.41, 5.74) is 0.736. The monoisotopic (exact) mass is 163 g/mol. The van der Waals surface area contributed by atoms with Gasteiger partial charge in [0.15, 0.2) is 0 Å². The second-order valence-electron chi connectivity index (χ2n) is 2.56. The van der Waals surface area contributed by atoms with Crippen LogP contribution in [0.2, 0.25) is 0 Å². The lowest BCUT2D eigenvalue weighted by Crippen LogP contribution is -2.21. The van der Waals surface area contributed by atoms with E-state index in [2.05, 4.69) is 26.8 Å². The largest absolute Gasteiger partial charge is 0.283 e. The van der Waals surface area contributed by atoms with Crippen molar-refractivity contribution in [2.45, 2.75) is 6.92 Å². The standard InChI is InChI=1S/C7H9N5/c1-4-6(8-3)7-9-5(2)11-12(7)10-4/h10H,1H2,2-3H3. The van der Waals surface area contributed by atoms with Gasteiger partial charge in [0.2, 0.25) is 5.65 Å². The van der Waals surface area contributed by atoms with E-state index in [0.717, 1.165) is 22.2 Å². The molecule has 0 aliphatic rings. The van der Waals surface area contributed by atoms with Crippen molar-refractivity contribution in [1.29, 1.82) is 0 Å². The van der Waals surface area contributed by atoms with Gasteiger partial charge >= 0.3 is 0 Å². The average molecular weight is 163 g/mol. The Kier molecular flexibility index (Phi) is 1.27. The minimum absolute atomic E-state index is 0.728. The molecule has 2 rings (SSSR count). The number of rotatable bonds is 0. The number of aromatic amines is 1. The normalized spacial score (nSPS) is 13.0. The van der Waals surface area contributed by atoms with Crippen LogP contribution < -0.4 is 10.7 Å². The van der Waals surface area contributed by atoms with E-state index in [1.807, 2.05) is 6.92 Å². The fraction of sp³-hybridized carbons (Fsp3) is 0.286. The Morgan fingerprint density at radius 2 is 2.33 bits per heavy atom. The second-order valence-corrected chi connectivity index (χ2v) is 2.56. The van der Waals surface area contributed by atoms with Crippen molar-refractivity contribution in [3.63, 3.8) is 0 Å². The zero-order valence-electron chi connectivity index (χ0n) is 7.00. The van der Waals surface area contributed by atoms with E-state index in [0.29, 0.717) is 0 Å². The SMILES string of the molecule is C=c1[nH]n2nc(C)nc2c1=NC. The van der Waals surface area contributed by atoms with Gasteiger partial charge in [0, 0.05) is 7.05 Å². The van der Waals surface area contributed by atoms with E-state index in [-0.39, 0.29) is 0 Å². The molecule has 5 nitrogen and oxygen atoms in total. The lowest BCUT2D eigenvalue weighted by Gasteiger charge is -1.75. The van der Waals surface area contributed by atoms with Gasteiger partial charge in [-0.1, -0.05) is 6.58 Å². The van der Waals surface area contributed by atoms with E-state index >= 15 is 0 Å². The van der Waals surface area contributed by atoms with Gasteiger partial charge in [-0.3, -0.25) is 10.1 Å². The van der Waals surface area contributed by atoms with Crippen LogP contribution in [0.1, 0.15) is 5.82 Å². The molecule has 62 valence electrons. The van der Waals surface area contributed by atoms with Crippen molar-refractivity contribution in [3.8, 4) is 0 Å². The van der Waals surface area contributed by atoms with Gasteiger partial charge in [-0.25, -0.2) is 4.98 Å². The van der Waals surface area contributed by atoms with Crippen LogP contribution in [0.3, 0.4) is 0 Å². The predicted octanol–water partition coefficient (Wildman–Crippen LogP) is -0.974. The molecule has 0 bridgehead atoms. The topological polar surface area (TPSA) is 58.3 Å². The summed E-state index contributed by atoms with van der Waals surface area (Å²) in [5, 5.41) is 8.55. The van der Waals surface area contributed by atoms with Crippen LogP contribution in [-0.2, 0) is 0 Å². The average Bonchev–Trinajstić information content (AvgIpc) is 2.43. The molecule has 0 spiro atoms. The maximum absolute atomic E-state index is 4.19. The Morgan fingerprint density at radius 1 is 1.58 bits per heavy atom. The number of aromatic nitrogens is 4. The molecule has 0 aliphatic carbocycles. The molecule has 2 aromatic heterocycles. The van der Waals surface area contributed by atoms with Crippen LogP contribution in [-0.4, -0.2) is 26.9 Å². The molecule has 0 atom stereocenters. The molecule has 0 saturated heterocycles. The van der Waals surface area contributed by atoms with Gasteiger partial charge < -0.3 is 0 Å². The van der Waals surface area contributed by atoms with Crippen molar-refractivity contribution in [2.75, 3.05) is 7.05 Å². The summed E-state index contributed by atoms with van der Waals surface area (Å²) in [6, 6.07) is 0. The first-order valence-corrected chi connectivity index (χ1v) is 3.59. The highest BCUT2D eigenvalue weighted by Gasteiger charge is 2.03. The van der Waals surface area contributed by atoms with Crippen LogP contribution in [0.15, 0.2) is 4.99 Å². The van der Waals surface area contributed by atoms with Crippen molar-refractivity contribution < 1.29 is 0 Å². The van der Waals surface area contributed by atoms with Crippen LogP contribution >= 0.6 is 0 Å². The molecular formula is C7H9N5. The maximum Gasteiger partial charge on any atom is 0.201 e. The minimum Gasteiger partial charge on any atom is -0.283 e. The van der Waals surface area contributed by atoms with Crippen molar-refractivity contribution in [2.24, 2.45) is 4.99 Å². The third-order valence-corrected chi connectivity index (χ3v) is 1.68. The smallest absolute Gasteiger partial charge is 0.201 e. The molecule has 5 heteroatoms. The van der Waals surface area contributed by atoms with Gasteiger partial charge in [-0.15, -0.1) is 5.10 Å². The maximum atomic E-state index is 4.19. The highest BCUT2D eigenvalue weighted by atomic mass is 15.5. The first kappa shape index (κ1) is 7.02. The predicted molar refractivity (Wildman–Crippen MR) is 44.3 cm³/mol. The molecule has 0 aliphatic heterocycles. The fourth-order valence-electron chi connectivity index (χ4n) is 1.20. The van der Waals surface area contributed by atoms with E-state index in [1.165, 1.54) is 0 Å². The third-order valence-electron chi connectivity index (χ3n) is 1.68. The van der Waals surface area contributed by atoms with Gasteiger partial charge in [-0.2, -0.15) is 4.63 Å². The third kappa shape index (κ3) is 0.761. The van der Waals surface area contributed by atoms with Gasteiger partial charge in [0.1, 0.15) is 11.2 Å². The molecular weight excluding hydrogens is 154 g/mol. The number of hydrogen-bond acceptors (Lipinski definition) is 3. The second kappa shape index (κ2) is 2.17. The van der Waals surface area contributed by atoms with Crippen LogP contribution in [0.4, 0.5) is 0 Å². The van der Waals surface area contributed by atoms with Crippen LogP contribution in [0.5, 0.6) is 0 Å². The Bertz CT molecular complexity index is 518. The van der Waals surface area contributed by atoms with E-state index in [1.54, 1.807) is 11.7 Å². The number of aryl methyl sites for hydroxylation is 1. The summed E-state index contributed by atoms with van der Waals surface area (Å²) in [4.78, 5) is 8.25. The highest BCUT2D eigenvalue weighted by molar-refractivity contribution is 5.35. The zero-order chi connectivity index (χ0) is 8.72. The number of fused-ring (bicyclic) bond motifs is 1. The molecule has 1 N–H and O–H groups in total. The molecule has 2 aromatic rings. The van der Waals surface area contributed by atoms with Crippen LogP contribution in [0, 0.1) is 6.92 Å². The summed E-state index contributed by atoms with van der Waals surface area (Å²) in [5.74, 6) is 0.728. The molecule has 12 heavy (non-hydrogen) atoms. The molecule has 0 radical (unpaired) electrons. The molecule has 0 unspecified atom stereocenters. The quantitative estimate of drug-likeness (QED) is 0.543. The van der Waals surface area contributed by atoms with E-state index in [9.17, 15) is 0 Å². The van der Waals surface area contributed by atoms with Gasteiger partial charge in [0.25, 0.3) is 0 Å². The van der Waals surface area contributed by atoms with E-state index in [4.69, 9.17) is 0 Å². The molecule has 0 aromatic carbocycles. The first-order valence-electron chi connectivity index (χ1n) is 3.59. The molecule has 0 fully saturated rings. The summed E-state index contributed by atoms with van der Waals surface area (Å²) < 4.78 is 1.58. The molecule has 0 amide bonds. The Morgan fingerprint density at radius 3 is 3.00 bits per heavy atom. The van der Waals surface area contributed by atoms with Crippen LogP contribution in [0.25, 0.3) is 12.2 Å². The summed E-state index contributed by atoms with van der Waals surface area (Å²) >= 11 is 0. The number of nitrogens with zero attached hydrogens (tertiary/aromatic N) is 4. The molecule has 2 heterocycles.